The fourth-order valence-corrected chi connectivity index (χ4v) is 3.93. The molecule has 1 aromatic heterocycles. The molecule has 146 valence electrons. The number of aryl methyl sites for hydroxylation is 1. The highest BCUT2D eigenvalue weighted by Crippen LogP contribution is 2.34. The fourth-order valence-electron chi connectivity index (χ4n) is 3.93. The Morgan fingerprint density at radius 3 is 2.46 bits per heavy atom. The number of Topliss-reactive ketones (excluding diaryl/α,β-unsaturated/α-hetero) is 1. The molecule has 0 spiro atoms. The molecule has 0 unspecified atom stereocenters. The minimum atomic E-state index is -0.451. The second-order valence-electron chi connectivity index (χ2n) is 7.29. The Labute approximate surface area is 165 Å². The summed E-state index contributed by atoms with van der Waals surface area (Å²) in [5, 5.41) is 1.00. The first kappa shape index (κ1) is 19.9. The van der Waals surface area contributed by atoms with Crippen LogP contribution >= 0.6 is 0 Å². The van der Waals surface area contributed by atoms with Crippen molar-refractivity contribution in [1.82, 2.24) is 4.57 Å². The number of hydrogen-bond donors (Lipinski definition) is 0. The van der Waals surface area contributed by atoms with Crippen LogP contribution in [-0.4, -0.2) is 10.4 Å². The molecule has 0 saturated heterocycles. The van der Waals surface area contributed by atoms with Gasteiger partial charge in [0.05, 0.1) is 10.9 Å². The minimum absolute atomic E-state index is 0.0193. The molecule has 0 N–H and O–H groups in total. The molecule has 0 bridgehead atoms. The second-order valence-corrected chi connectivity index (χ2v) is 7.29. The van der Waals surface area contributed by atoms with E-state index in [1.165, 1.54) is 0 Å². The molecule has 1 heterocycles. The van der Waals surface area contributed by atoms with Gasteiger partial charge in [0.15, 0.2) is 0 Å². The summed E-state index contributed by atoms with van der Waals surface area (Å²) in [6, 6.07) is 17.2. The van der Waals surface area contributed by atoms with E-state index < -0.39 is 5.41 Å². The Kier molecular flexibility index (Phi) is 5.68. The third-order valence-corrected chi connectivity index (χ3v) is 5.86. The van der Waals surface area contributed by atoms with Crippen LogP contribution in [0.1, 0.15) is 44.7 Å². The molecule has 3 rings (SSSR count). The standard InChI is InChI=1S/C24H27NO3/c1-5-24(6-2,17(3)26)20-8-7-9-21(15-20)28-16-18-10-12-22-19(14-18)11-13-23(27)25(22)4/h7-15H,5-6,16H2,1-4H3. The van der Waals surface area contributed by atoms with E-state index in [2.05, 4.69) is 13.8 Å². The highest BCUT2D eigenvalue weighted by atomic mass is 16.5. The summed E-state index contributed by atoms with van der Waals surface area (Å²) in [5.74, 6) is 0.945. The van der Waals surface area contributed by atoms with E-state index in [-0.39, 0.29) is 11.3 Å². The van der Waals surface area contributed by atoms with Crippen LogP contribution < -0.4 is 10.3 Å². The minimum Gasteiger partial charge on any atom is -0.489 e. The maximum atomic E-state index is 12.3. The average Bonchev–Trinajstić information content (AvgIpc) is 2.71. The van der Waals surface area contributed by atoms with Crippen molar-refractivity contribution in [3.63, 3.8) is 0 Å². The molecular weight excluding hydrogens is 350 g/mol. The molecule has 0 fully saturated rings. The number of carbonyl (C=O) groups is 1. The zero-order valence-electron chi connectivity index (χ0n) is 17.0. The molecular formula is C24H27NO3. The van der Waals surface area contributed by atoms with Crippen molar-refractivity contribution in [2.24, 2.45) is 7.05 Å². The molecule has 2 aromatic carbocycles. The predicted octanol–water partition coefficient (Wildman–Crippen LogP) is 4.76. The third kappa shape index (κ3) is 3.59. The molecule has 4 heteroatoms. The smallest absolute Gasteiger partial charge is 0.250 e. The van der Waals surface area contributed by atoms with E-state index in [0.717, 1.165) is 40.6 Å². The van der Waals surface area contributed by atoms with Gasteiger partial charge < -0.3 is 9.30 Å². The van der Waals surface area contributed by atoms with Gasteiger partial charge >= 0.3 is 0 Å². The first-order chi connectivity index (χ1) is 13.4. The predicted molar refractivity (Wildman–Crippen MR) is 113 cm³/mol. The number of ketones is 1. The van der Waals surface area contributed by atoms with Crippen molar-refractivity contribution in [1.29, 1.82) is 0 Å². The maximum Gasteiger partial charge on any atom is 0.250 e. The van der Waals surface area contributed by atoms with E-state index in [4.69, 9.17) is 4.74 Å². The normalized spacial score (nSPS) is 11.6. The number of nitrogens with zero attached hydrogens (tertiary/aromatic N) is 1. The van der Waals surface area contributed by atoms with E-state index in [1.54, 1.807) is 24.6 Å². The third-order valence-electron chi connectivity index (χ3n) is 5.86. The van der Waals surface area contributed by atoms with Crippen molar-refractivity contribution >= 4 is 16.7 Å². The fraction of sp³-hybridized carbons (Fsp3) is 0.333. The summed E-state index contributed by atoms with van der Waals surface area (Å²) in [4.78, 5) is 24.1. The second kappa shape index (κ2) is 8.01. The Bertz CT molecular complexity index is 1060. The van der Waals surface area contributed by atoms with Crippen LogP contribution in [0.25, 0.3) is 10.9 Å². The van der Waals surface area contributed by atoms with Crippen LogP contribution in [0.3, 0.4) is 0 Å². The molecule has 4 nitrogen and oxygen atoms in total. The molecule has 0 aliphatic carbocycles. The van der Waals surface area contributed by atoms with Gasteiger partial charge in [-0.25, -0.2) is 0 Å². The van der Waals surface area contributed by atoms with Gasteiger partial charge in [0.2, 0.25) is 0 Å². The Morgan fingerprint density at radius 2 is 1.79 bits per heavy atom. The molecule has 28 heavy (non-hydrogen) atoms. The molecule has 0 radical (unpaired) electrons. The molecule has 0 aliphatic rings. The molecule has 3 aromatic rings. The van der Waals surface area contributed by atoms with Gasteiger partial charge in [-0.3, -0.25) is 9.59 Å². The van der Waals surface area contributed by atoms with Gasteiger partial charge in [-0.15, -0.1) is 0 Å². The topological polar surface area (TPSA) is 48.3 Å². The zero-order valence-corrected chi connectivity index (χ0v) is 17.0. The number of aromatic nitrogens is 1. The van der Waals surface area contributed by atoms with Crippen LogP contribution in [0.4, 0.5) is 0 Å². The number of hydrogen-bond acceptors (Lipinski definition) is 3. The highest BCUT2D eigenvalue weighted by molar-refractivity contribution is 5.88. The number of pyridine rings is 1. The highest BCUT2D eigenvalue weighted by Gasteiger charge is 2.33. The van der Waals surface area contributed by atoms with Crippen molar-refractivity contribution in [3.8, 4) is 5.75 Å². The number of carbonyl (C=O) groups excluding carboxylic acids is 1. The SMILES string of the molecule is CCC(CC)(C(C)=O)c1cccc(OCc2ccc3c(ccc(=O)n3C)c2)c1. The van der Waals surface area contributed by atoms with Gasteiger partial charge in [-0.05, 0) is 66.6 Å². The average molecular weight is 377 g/mol. The first-order valence-corrected chi connectivity index (χ1v) is 9.74. The van der Waals surface area contributed by atoms with E-state index in [9.17, 15) is 9.59 Å². The first-order valence-electron chi connectivity index (χ1n) is 9.74. The van der Waals surface area contributed by atoms with Gasteiger partial charge in [0.25, 0.3) is 5.56 Å². The lowest BCUT2D eigenvalue weighted by molar-refractivity contribution is -0.122. The van der Waals surface area contributed by atoms with Crippen molar-refractivity contribution < 1.29 is 9.53 Å². The monoisotopic (exact) mass is 377 g/mol. The van der Waals surface area contributed by atoms with Crippen molar-refractivity contribution in [2.45, 2.75) is 45.6 Å². The summed E-state index contributed by atoms with van der Waals surface area (Å²) in [7, 11) is 1.77. The summed E-state index contributed by atoms with van der Waals surface area (Å²) < 4.78 is 7.66. The van der Waals surface area contributed by atoms with Crippen LogP contribution in [0.2, 0.25) is 0 Å². The van der Waals surface area contributed by atoms with E-state index >= 15 is 0 Å². The Hall–Kier alpha value is -2.88. The largest absolute Gasteiger partial charge is 0.489 e. The van der Waals surface area contributed by atoms with Gasteiger partial charge in [-0.2, -0.15) is 0 Å². The van der Waals surface area contributed by atoms with Gasteiger partial charge in [-0.1, -0.05) is 32.0 Å². The van der Waals surface area contributed by atoms with Crippen LogP contribution in [0.5, 0.6) is 5.75 Å². The maximum absolute atomic E-state index is 12.3. The lowest BCUT2D eigenvalue weighted by Gasteiger charge is -2.29. The lowest BCUT2D eigenvalue weighted by Crippen LogP contribution is -2.32. The van der Waals surface area contributed by atoms with Crippen molar-refractivity contribution in [3.05, 3.63) is 76.1 Å². The summed E-state index contributed by atoms with van der Waals surface area (Å²) in [5.41, 5.74) is 2.47. The van der Waals surface area contributed by atoms with Crippen molar-refractivity contribution in [2.75, 3.05) is 0 Å². The molecule has 0 aliphatic heterocycles. The number of ether oxygens (including phenoxy) is 1. The number of rotatable bonds is 7. The van der Waals surface area contributed by atoms with Crippen LogP contribution in [0, 0.1) is 0 Å². The lowest BCUT2D eigenvalue weighted by atomic mass is 9.73. The summed E-state index contributed by atoms with van der Waals surface area (Å²) >= 11 is 0. The van der Waals surface area contributed by atoms with E-state index in [0.29, 0.717) is 6.61 Å². The summed E-state index contributed by atoms with van der Waals surface area (Å²) in [6.45, 7) is 6.21. The van der Waals surface area contributed by atoms with Gasteiger partial charge in [0.1, 0.15) is 18.1 Å². The Balaban J connectivity index is 1.84. The number of fused-ring (bicyclic) bond motifs is 1. The van der Waals surface area contributed by atoms with Crippen LogP contribution in [-0.2, 0) is 23.9 Å². The number of benzene rings is 2. The van der Waals surface area contributed by atoms with E-state index in [1.807, 2.05) is 48.5 Å². The summed E-state index contributed by atoms with van der Waals surface area (Å²) in [6.07, 6.45) is 1.54. The quantitative estimate of drug-likeness (QED) is 0.596. The Morgan fingerprint density at radius 1 is 1.04 bits per heavy atom. The molecule has 0 saturated carbocycles. The van der Waals surface area contributed by atoms with Crippen LogP contribution in [0.15, 0.2) is 59.4 Å². The zero-order chi connectivity index (χ0) is 20.3. The molecule has 0 atom stereocenters. The molecule has 0 amide bonds. The van der Waals surface area contributed by atoms with Gasteiger partial charge in [0, 0.05) is 13.1 Å².